The zero-order chi connectivity index (χ0) is 14.4. The Morgan fingerprint density at radius 3 is 2.42 bits per heavy atom. The van der Waals surface area contributed by atoms with E-state index in [1.54, 1.807) is 6.07 Å². The van der Waals surface area contributed by atoms with Crippen LogP contribution in [0.3, 0.4) is 0 Å². The highest BCUT2D eigenvalue weighted by atomic mass is 16.1. The minimum absolute atomic E-state index is 0.0450. The van der Waals surface area contributed by atoms with Gasteiger partial charge in [-0.2, -0.15) is 0 Å². The summed E-state index contributed by atoms with van der Waals surface area (Å²) in [7, 11) is 0. The van der Waals surface area contributed by atoms with Crippen LogP contribution in [0.5, 0.6) is 0 Å². The van der Waals surface area contributed by atoms with E-state index in [-0.39, 0.29) is 5.91 Å². The summed E-state index contributed by atoms with van der Waals surface area (Å²) in [5.41, 5.74) is 9.17. The quantitative estimate of drug-likeness (QED) is 0.771. The lowest BCUT2D eigenvalue weighted by atomic mass is 10.0. The van der Waals surface area contributed by atoms with Gasteiger partial charge >= 0.3 is 0 Å². The number of carbonyl (C=O) groups is 1. The molecule has 0 unspecified atom stereocenters. The molecule has 3 N–H and O–H groups in total. The average molecular weight is 263 g/mol. The summed E-state index contributed by atoms with van der Waals surface area (Å²) in [6.45, 7) is 11.7. The van der Waals surface area contributed by atoms with Gasteiger partial charge in [0.1, 0.15) is 0 Å². The number of nitrogens with one attached hydrogen (secondary N) is 1. The van der Waals surface area contributed by atoms with E-state index in [9.17, 15) is 4.79 Å². The van der Waals surface area contributed by atoms with Gasteiger partial charge in [-0.25, -0.2) is 0 Å². The Balaban J connectivity index is 2.61. The van der Waals surface area contributed by atoms with Crippen LogP contribution in [0, 0.1) is 13.8 Å². The Labute approximate surface area is 116 Å². The third kappa shape index (κ3) is 4.24. The van der Waals surface area contributed by atoms with Crippen molar-refractivity contribution in [1.82, 2.24) is 10.2 Å². The number of rotatable bonds is 6. The largest absolute Gasteiger partial charge is 0.398 e. The molecule has 0 bridgehead atoms. The molecule has 0 aliphatic carbocycles. The molecule has 0 saturated carbocycles. The maximum Gasteiger partial charge on any atom is 0.251 e. The standard InChI is InChI=1S/C15H25N3O/c1-5-18(6-2)8-7-17-15(19)13-10-14(16)12(4)9-11(13)3/h9-10H,5-8,16H2,1-4H3,(H,17,19). The number of benzene rings is 1. The molecule has 0 fully saturated rings. The topological polar surface area (TPSA) is 58.4 Å². The van der Waals surface area contributed by atoms with Crippen molar-refractivity contribution in [3.05, 3.63) is 28.8 Å². The minimum atomic E-state index is -0.0450. The second-order valence-electron chi connectivity index (χ2n) is 4.81. The van der Waals surface area contributed by atoms with Crippen LogP contribution in [0.25, 0.3) is 0 Å². The summed E-state index contributed by atoms with van der Waals surface area (Å²) in [5.74, 6) is -0.0450. The van der Waals surface area contributed by atoms with Gasteiger partial charge in [0.2, 0.25) is 0 Å². The van der Waals surface area contributed by atoms with Gasteiger partial charge in [-0.15, -0.1) is 0 Å². The molecule has 0 aliphatic heterocycles. The van der Waals surface area contributed by atoms with Crippen molar-refractivity contribution in [2.24, 2.45) is 0 Å². The van der Waals surface area contributed by atoms with Crippen molar-refractivity contribution in [2.75, 3.05) is 31.9 Å². The number of hydrogen-bond donors (Lipinski definition) is 2. The summed E-state index contributed by atoms with van der Waals surface area (Å²) in [5, 5.41) is 2.95. The lowest BCUT2D eigenvalue weighted by Crippen LogP contribution is -2.35. The fourth-order valence-electron chi connectivity index (χ4n) is 2.08. The third-order valence-electron chi connectivity index (χ3n) is 3.47. The van der Waals surface area contributed by atoms with Gasteiger partial charge in [-0.3, -0.25) is 4.79 Å². The first-order chi connectivity index (χ1) is 8.99. The van der Waals surface area contributed by atoms with Crippen LogP contribution in [-0.2, 0) is 0 Å². The Hall–Kier alpha value is -1.55. The zero-order valence-electron chi connectivity index (χ0n) is 12.4. The molecule has 1 amide bonds. The van der Waals surface area contributed by atoms with E-state index >= 15 is 0 Å². The maximum absolute atomic E-state index is 12.1. The number of anilines is 1. The molecule has 0 spiro atoms. The van der Waals surface area contributed by atoms with E-state index in [4.69, 9.17) is 5.73 Å². The number of aryl methyl sites for hydroxylation is 2. The highest BCUT2D eigenvalue weighted by Crippen LogP contribution is 2.17. The molecular weight excluding hydrogens is 238 g/mol. The fraction of sp³-hybridized carbons (Fsp3) is 0.533. The maximum atomic E-state index is 12.1. The van der Waals surface area contributed by atoms with Crippen molar-refractivity contribution >= 4 is 11.6 Å². The summed E-state index contributed by atoms with van der Waals surface area (Å²) >= 11 is 0. The van der Waals surface area contributed by atoms with E-state index < -0.39 is 0 Å². The highest BCUT2D eigenvalue weighted by Gasteiger charge is 2.10. The highest BCUT2D eigenvalue weighted by molar-refractivity contribution is 5.96. The van der Waals surface area contributed by atoms with Gasteiger partial charge < -0.3 is 16.0 Å². The molecule has 19 heavy (non-hydrogen) atoms. The predicted molar refractivity (Wildman–Crippen MR) is 80.4 cm³/mol. The van der Waals surface area contributed by atoms with Crippen LogP contribution < -0.4 is 11.1 Å². The number of nitrogens with zero attached hydrogens (tertiary/aromatic N) is 1. The summed E-state index contributed by atoms with van der Waals surface area (Å²) in [6, 6.07) is 3.71. The molecule has 106 valence electrons. The van der Waals surface area contributed by atoms with E-state index in [2.05, 4.69) is 24.1 Å². The molecule has 1 rings (SSSR count). The second-order valence-corrected chi connectivity index (χ2v) is 4.81. The molecule has 0 saturated heterocycles. The zero-order valence-corrected chi connectivity index (χ0v) is 12.4. The molecule has 0 aromatic heterocycles. The third-order valence-corrected chi connectivity index (χ3v) is 3.47. The lowest BCUT2D eigenvalue weighted by Gasteiger charge is -2.18. The van der Waals surface area contributed by atoms with Gasteiger partial charge in [-0.1, -0.05) is 19.9 Å². The van der Waals surface area contributed by atoms with Gasteiger partial charge in [0.05, 0.1) is 0 Å². The SMILES string of the molecule is CCN(CC)CCNC(=O)c1cc(N)c(C)cc1C. The molecule has 0 heterocycles. The average Bonchev–Trinajstić information content (AvgIpc) is 2.38. The first-order valence-electron chi connectivity index (χ1n) is 6.86. The van der Waals surface area contributed by atoms with Crippen LogP contribution in [0.2, 0.25) is 0 Å². The monoisotopic (exact) mass is 263 g/mol. The molecule has 4 heteroatoms. The second kappa shape index (κ2) is 7.14. The summed E-state index contributed by atoms with van der Waals surface area (Å²) in [4.78, 5) is 14.4. The first-order valence-corrected chi connectivity index (χ1v) is 6.86. The number of nitrogens with two attached hydrogens (primary N) is 1. The van der Waals surface area contributed by atoms with Gasteiger partial charge in [0, 0.05) is 24.3 Å². The lowest BCUT2D eigenvalue weighted by molar-refractivity contribution is 0.0948. The molecular formula is C15H25N3O. The van der Waals surface area contributed by atoms with E-state index in [1.165, 1.54) is 0 Å². The van der Waals surface area contributed by atoms with Gasteiger partial charge in [-0.05, 0) is 44.1 Å². The van der Waals surface area contributed by atoms with Crippen molar-refractivity contribution in [3.8, 4) is 0 Å². The normalized spacial score (nSPS) is 10.8. The Morgan fingerprint density at radius 2 is 1.84 bits per heavy atom. The molecule has 0 radical (unpaired) electrons. The smallest absolute Gasteiger partial charge is 0.251 e. The van der Waals surface area contributed by atoms with E-state index in [0.29, 0.717) is 17.8 Å². The number of nitrogen functional groups attached to an aromatic ring is 1. The number of likely N-dealkylation sites (N-methyl/N-ethyl adjacent to an activating group) is 1. The molecule has 0 aliphatic rings. The van der Waals surface area contributed by atoms with E-state index in [1.807, 2.05) is 19.9 Å². The molecule has 4 nitrogen and oxygen atoms in total. The Bertz CT molecular complexity index is 439. The Morgan fingerprint density at radius 1 is 1.21 bits per heavy atom. The number of hydrogen-bond acceptors (Lipinski definition) is 3. The Kier molecular flexibility index (Phi) is 5.83. The summed E-state index contributed by atoms with van der Waals surface area (Å²) < 4.78 is 0. The van der Waals surface area contributed by atoms with Crippen molar-refractivity contribution in [1.29, 1.82) is 0 Å². The van der Waals surface area contributed by atoms with Crippen LogP contribution in [0.15, 0.2) is 12.1 Å². The summed E-state index contributed by atoms with van der Waals surface area (Å²) in [6.07, 6.45) is 0. The van der Waals surface area contributed by atoms with Crippen LogP contribution in [0.1, 0.15) is 35.3 Å². The number of carbonyl (C=O) groups excluding carboxylic acids is 1. The predicted octanol–water partition coefficient (Wildman–Crippen LogP) is 1.96. The van der Waals surface area contributed by atoms with E-state index in [0.717, 1.165) is 30.8 Å². The van der Waals surface area contributed by atoms with Crippen LogP contribution >= 0.6 is 0 Å². The fourth-order valence-corrected chi connectivity index (χ4v) is 2.08. The van der Waals surface area contributed by atoms with Crippen LogP contribution in [0.4, 0.5) is 5.69 Å². The molecule has 0 atom stereocenters. The first kappa shape index (κ1) is 15.5. The van der Waals surface area contributed by atoms with Crippen molar-refractivity contribution in [3.63, 3.8) is 0 Å². The van der Waals surface area contributed by atoms with Crippen molar-refractivity contribution in [2.45, 2.75) is 27.7 Å². The van der Waals surface area contributed by atoms with Gasteiger partial charge in [0.25, 0.3) is 5.91 Å². The van der Waals surface area contributed by atoms with Crippen LogP contribution in [-0.4, -0.2) is 37.0 Å². The van der Waals surface area contributed by atoms with Crippen molar-refractivity contribution < 1.29 is 4.79 Å². The molecule has 1 aromatic rings. The van der Waals surface area contributed by atoms with Gasteiger partial charge in [0.15, 0.2) is 0 Å². The number of amides is 1. The molecule has 1 aromatic carbocycles. The minimum Gasteiger partial charge on any atom is -0.398 e.